The summed E-state index contributed by atoms with van der Waals surface area (Å²) in [5.74, 6) is -0.305. The number of nitrogens with zero attached hydrogens (tertiary/aromatic N) is 2. The molecular formula is C17H17N3O5S. The number of sulfonamides is 1. The summed E-state index contributed by atoms with van der Waals surface area (Å²) in [6.45, 7) is 0.432. The van der Waals surface area contributed by atoms with Crippen LogP contribution in [-0.2, 0) is 10.0 Å². The summed E-state index contributed by atoms with van der Waals surface area (Å²) >= 11 is 0. The molecule has 26 heavy (non-hydrogen) atoms. The number of rotatable bonds is 4. The summed E-state index contributed by atoms with van der Waals surface area (Å²) in [5, 5.41) is 13.4. The van der Waals surface area contributed by atoms with Crippen LogP contribution in [0.4, 0.5) is 17.1 Å². The van der Waals surface area contributed by atoms with Gasteiger partial charge in [-0.15, -0.1) is 0 Å². The number of nitro groups is 1. The van der Waals surface area contributed by atoms with Crippen LogP contribution in [0.15, 0.2) is 48.5 Å². The highest BCUT2D eigenvalue weighted by Crippen LogP contribution is 2.24. The fourth-order valence-corrected chi connectivity index (χ4v) is 4.40. The minimum absolute atomic E-state index is 0.117. The van der Waals surface area contributed by atoms with Gasteiger partial charge in [-0.1, -0.05) is 6.07 Å². The average Bonchev–Trinajstić information content (AvgIpc) is 2.62. The molecule has 2 aromatic rings. The van der Waals surface area contributed by atoms with Gasteiger partial charge in [0.15, 0.2) is 0 Å². The number of non-ortho nitro benzene ring substituents is 1. The van der Waals surface area contributed by atoms with Crippen LogP contribution in [0.3, 0.4) is 0 Å². The lowest BCUT2D eigenvalue weighted by Crippen LogP contribution is -2.37. The van der Waals surface area contributed by atoms with Crippen molar-refractivity contribution < 1.29 is 18.1 Å². The van der Waals surface area contributed by atoms with Crippen LogP contribution in [0, 0.1) is 10.1 Å². The molecule has 1 amide bonds. The van der Waals surface area contributed by atoms with Gasteiger partial charge in [0.2, 0.25) is 10.0 Å². The van der Waals surface area contributed by atoms with Crippen LogP contribution in [0.25, 0.3) is 0 Å². The van der Waals surface area contributed by atoms with E-state index in [1.807, 2.05) is 0 Å². The molecule has 8 nitrogen and oxygen atoms in total. The molecule has 2 aromatic carbocycles. The standard InChI is InChI=1S/C17H17N3O5S/c21-17(18-14-4-3-5-16(12-14)20(22)23)13-6-8-15(9-7-13)19-10-1-2-11-26(19,24)25/h3-9,12H,1-2,10-11H2,(H,18,21). The molecule has 3 rings (SSSR count). The second-order valence-corrected chi connectivity index (χ2v) is 7.92. The molecule has 0 aromatic heterocycles. The Morgan fingerprint density at radius 1 is 1.12 bits per heavy atom. The van der Waals surface area contributed by atoms with Gasteiger partial charge in [0, 0.05) is 29.9 Å². The van der Waals surface area contributed by atoms with E-state index in [0.29, 0.717) is 29.9 Å². The molecule has 0 spiro atoms. The normalized spacial score (nSPS) is 16.1. The highest BCUT2D eigenvalue weighted by molar-refractivity contribution is 7.92. The first-order chi connectivity index (χ1) is 12.4. The molecule has 1 heterocycles. The first-order valence-corrected chi connectivity index (χ1v) is 9.64. The van der Waals surface area contributed by atoms with Crippen LogP contribution in [0.2, 0.25) is 0 Å². The molecule has 1 aliphatic heterocycles. The number of nitrogens with one attached hydrogen (secondary N) is 1. The van der Waals surface area contributed by atoms with Gasteiger partial charge in [-0.2, -0.15) is 0 Å². The zero-order valence-electron chi connectivity index (χ0n) is 13.8. The third-order valence-corrected chi connectivity index (χ3v) is 5.95. The predicted molar refractivity (Wildman–Crippen MR) is 97.9 cm³/mol. The van der Waals surface area contributed by atoms with Gasteiger partial charge >= 0.3 is 0 Å². The van der Waals surface area contributed by atoms with E-state index in [1.54, 1.807) is 18.2 Å². The number of hydrogen-bond acceptors (Lipinski definition) is 5. The summed E-state index contributed by atoms with van der Waals surface area (Å²) in [5.41, 5.74) is 1.05. The largest absolute Gasteiger partial charge is 0.322 e. The van der Waals surface area contributed by atoms with E-state index >= 15 is 0 Å². The average molecular weight is 375 g/mol. The van der Waals surface area contributed by atoms with Crippen LogP contribution >= 0.6 is 0 Å². The molecular weight excluding hydrogens is 358 g/mol. The van der Waals surface area contributed by atoms with Gasteiger partial charge < -0.3 is 5.32 Å². The van der Waals surface area contributed by atoms with Gasteiger partial charge in [-0.3, -0.25) is 19.2 Å². The van der Waals surface area contributed by atoms with E-state index in [2.05, 4.69) is 5.32 Å². The molecule has 1 aliphatic rings. The lowest BCUT2D eigenvalue weighted by molar-refractivity contribution is -0.384. The highest BCUT2D eigenvalue weighted by Gasteiger charge is 2.26. The van der Waals surface area contributed by atoms with Crippen molar-refractivity contribution in [2.24, 2.45) is 0 Å². The van der Waals surface area contributed by atoms with Crippen molar-refractivity contribution in [3.8, 4) is 0 Å². The third-order valence-electron chi connectivity index (χ3n) is 4.08. The quantitative estimate of drug-likeness (QED) is 0.653. The molecule has 136 valence electrons. The summed E-state index contributed by atoms with van der Waals surface area (Å²) in [6.07, 6.45) is 1.46. The number of carbonyl (C=O) groups excluding carboxylic acids is 1. The number of anilines is 2. The number of hydrogen-bond donors (Lipinski definition) is 1. The number of benzene rings is 2. The molecule has 0 radical (unpaired) electrons. The van der Waals surface area contributed by atoms with Crippen molar-refractivity contribution in [2.75, 3.05) is 21.9 Å². The monoisotopic (exact) mass is 375 g/mol. The lowest BCUT2D eigenvalue weighted by atomic mass is 10.2. The summed E-state index contributed by atoms with van der Waals surface area (Å²) < 4.78 is 25.6. The Morgan fingerprint density at radius 2 is 1.85 bits per heavy atom. The smallest absolute Gasteiger partial charge is 0.271 e. The van der Waals surface area contributed by atoms with E-state index in [9.17, 15) is 23.3 Å². The van der Waals surface area contributed by atoms with Crippen molar-refractivity contribution in [1.29, 1.82) is 0 Å². The van der Waals surface area contributed by atoms with Gasteiger partial charge in [-0.25, -0.2) is 8.42 Å². The van der Waals surface area contributed by atoms with Crippen molar-refractivity contribution in [3.05, 3.63) is 64.2 Å². The Bertz CT molecular complexity index is 941. The molecule has 1 N–H and O–H groups in total. The fourth-order valence-electron chi connectivity index (χ4n) is 2.76. The van der Waals surface area contributed by atoms with Crippen LogP contribution in [-0.4, -0.2) is 31.5 Å². The van der Waals surface area contributed by atoms with Gasteiger partial charge in [0.05, 0.1) is 16.4 Å². The molecule has 0 bridgehead atoms. The first kappa shape index (κ1) is 17.9. The molecule has 1 saturated heterocycles. The van der Waals surface area contributed by atoms with E-state index in [1.165, 1.54) is 34.6 Å². The van der Waals surface area contributed by atoms with Crippen molar-refractivity contribution in [3.63, 3.8) is 0 Å². The summed E-state index contributed by atoms with van der Waals surface area (Å²) in [7, 11) is -3.30. The third kappa shape index (κ3) is 3.83. The van der Waals surface area contributed by atoms with E-state index < -0.39 is 20.9 Å². The molecule has 9 heteroatoms. The zero-order valence-corrected chi connectivity index (χ0v) is 14.6. The Hall–Kier alpha value is -2.94. The molecule has 1 fully saturated rings. The maximum absolute atomic E-state index is 12.3. The van der Waals surface area contributed by atoms with Gasteiger partial charge in [0.1, 0.15) is 0 Å². The second-order valence-electron chi connectivity index (χ2n) is 5.90. The number of nitro benzene ring substituents is 1. The predicted octanol–water partition coefficient (Wildman–Crippen LogP) is 2.78. The van der Waals surface area contributed by atoms with Crippen LogP contribution in [0.5, 0.6) is 0 Å². The zero-order chi connectivity index (χ0) is 18.7. The number of amides is 1. The molecule has 0 saturated carbocycles. The maximum atomic E-state index is 12.3. The number of carbonyl (C=O) groups is 1. The minimum atomic E-state index is -3.30. The summed E-state index contributed by atoms with van der Waals surface area (Å²) in [6, 6.07) is 11.9. The maximum Gasteiger partial charge on any atom is 0.271 e. The van der Waals surface area contributed by atoms with Crippen molar-refractivity contribution in [1.82, 2.24) is 0 Å². The van der Waals surface area contributed by atoms with Crippen molar-refractivity contribution in [2.45, 2.75) is 12.8 Å². The molecule has 0 unspecified atom stereocenters. The Morgan fingerprint density at radius 3 is 2.50 bits per heavy atom. The molecule has 0 atom stereocenters. The minimum Gasteiger partial charge on any atom is -0.322 e. The van der Waals surface area contributed by atoms with Gasteiger partial charge in [0.25, 0.3) is 11.6 Å². The second kappa shape index (κ2) is 7.12. The van der Waals surface area contributed by atoms with Crippen LogP contribution < -0.4 is 9.62 Å². The first-order valence-electron chi connectivity index (χ1n) is 8.03. The van der Waals surface area contributed by atoms with E-state index in [0.717, 1.165) is 6.42 Å². The lowest BCUT2D eigenvalue weighted by Gasteiger charge is -2.28. The Labute approximate surface area is 150 Å². The molecule has 0 aliphatic carbocycles. The van der Waals surface area contributed by atoms with Gasteiger partial charge in [-0.05, 0) is 43.2 Å². The topological polar surface area (TPSA) is 110 Å². The van der Waals surface area contributed by atoms with E-state index in [-0.39, 0.29) is 11.4 Å². The van der Waals surface area contributed by atoms with E-state index in [4.69, 9.17) is 0 Å². The highest BCUT2D eigenvalue weighted by atomic mass is 32.2. The Kier molecular flexibility index (Phi) is 4.90. The SMILES string of the molecule is O=C(Nc1cccc([N+](=O)[O-])c1)c1ccc(N2CCCCS2(=O)=O)cc1. The fraction of sp³-hybridized carbons (Fsp3) is 0.235. The Balaban J connectivity index is 1.75. The summed E-state index contributed by atoms with van der Waals surface area (Å²) in [4.78, 5) is 22.5. The van der Waals surface area contributed by atoms with Crippen LogP contribution in [0.1, 0.15) is 23.2 Å². The van der Waals surface area contributed by atoms with Crippen molar-refractivity contribution >= 4 is 33.0 Å².